The Hall–Kier alpha value is -1.29. The van der Waals surface area contributed by atoms with E-state index in [1.807, 2.05) is 6.08 Å². The quantitative estimate of drug-likeness (QED) is 0.311. The minimum Gasteiger partial charge on any atom is -0.385 e. The normalized spacial score (nSPS) is 23.1. The number of amides is 1. The van der Waals surface area contributed by atoms with Crippen molar-refractivity contribution in [1.29, 1.82) is 0 Å². The Morgan fingerprint density at radius 1 is 1.33 bits per heavy atom. The van der Waals surface area contributed by atoms with Crippen molar-refractivity contribution in [3.63, 3.8) is 0 Å². The van der Waals surface area contributed by atoms with E-state index >= 15 is 0 Å². The predicted molar refractivity (Wildman–Crippen MR) is 88.7 cm³/mol. The van der Waals surface area contributed by atoms with E-state index < -0.39 is 0 Å². The lowest BCUT2D eigenvalue weighted by Crippen LogP contribution is -2.43. The Kier molecular flexibility index (Phi) is 8.83. The summed E-state index contributed by atoms with van der Waals surface area (Å²) < 4.78 is 0. The Bertz CT molecular complexity index is 330. The SMILES string of the molecule is C=CC[C@H](CCCCN)NC(=C)C1CCCC[C@@H]1NC=O. The zero-order chi connectivity index (χ0) is 15.5. The first-order valence-corrected chi connectivity index (χ1v) is 8.19. The van der Waals surface area contributed by atoms with Crippen LogP contribution in [-0.2, 0) is 4.79 Å². The molecule has 1 saturated carbocycles. The van der Waals surface area contributed by atoms with E-state index in [-0.39, 0.29) is 6.04 Å². The monoisotopic (exact) mass is 293 g/mol. The van der Waals surface area contributed by atoms with Crippen LogP contribution in [0.5, 0.6) is 0 Å². The van der Waals surface area contributed by atoms with Crippen molar-refractivity contribution < 1.29 is 4.79 Å². The average molecular weight is 293 g/mol. The second-order valence-corrected chi connectivity index (χ2v) is 5.96. The number of carbonyl (C=O) groups is 1. The van der Waals surface area contributed by atoms with Gasteiger partial charge < -0.3 is 16.4 Å². The van der Waals surface area contributed by atoms with Crippen molar-refractivity contribution in [3.05, 3.63) is 24.9 Å². The van der Waals surface area contributed by atoms with Gasteiger partial charge in [-0.05, 0) is 38.6 Å². The van der Waals surface area contributed by atoms with Gasteiger partial charge in [0.05, 0.1) is 0 Å². The number of hydrogen-bond donors (Lipinski definition) is 3. The maximum atomic E-state index is 10.8. The average Bonchev–Trinajstić information content (AvgIpc) is 2.48. The molecular weight excluding hydrogens is 262 g/mol. The Labute approximate surface area is 129 Å². The molecule has 4 nitrogen and oxygen atoms in total. The van der Waals surface area contributed by atoms with E-state index in [0.29, 0.717) is 12.0 Å². The summed E-state index contributed by atoms with van der Waals surface area (Å²) in [6.45, 7) is 8.82. The molecule has 1 rings (SSSR count). The van der Waals surface area contributed by atoms with Gasteiger partial charge in [-0.1, -0.05) is 31.9 Å². The van der Waals surface area contributed by atoms with Crippen LogP contribution in [0, 0.1) is 5.92 Å². The second kappa shape index (κ2) is 10.4. The minimum atomic E-state index is 0.227. The number of rotatable bonds is 11. The molecule has 0 aliphatic heterocycles. The molecule has 1 fully saturated rings. The van der Waals surface area contributed by atoms with Crippen LogP contribution in [0.25, 0.3) is 0 Å². The van der Waals surface area contributed by atoms with Gasteiger partial charge in [-0.25, -0.2) is 0 Å². The van der Waals surface area contributed by atoms with E-state index in [4.69, 9.17) is 5.73 Å². The Morgan fingerprint density at radius 2 is 2.10 bits per heavy atom. The van der Waals surface area contributed by atoms with Crippen LogP contribution in [0.4, 0.5) is 0 Å². The zero-order valence-corrected chi connectivity index (χ0v) is 13.2. The molecule has 4 N–H and O–H groups in total. The lowest BCUT2D eigenvalue weighted by molar-refractivity contribution is -0.110. The third-order valence-electron chi connectivity index (χ3n) is 4.34. The molecule has 1 amide bonds. The van der Waals surface area contributed by atoms with Gasteiger partial charge >= 0.3 is 0 Å². The molecule has 0 aromatic carbocycles. The number of carbonyl (C=O) groups excluding carboxylic acids is 1. The van der Waals surface area contributed by atoms with Crippen molar-refractivity contribution in [2.24, 2.45) is 11.7 Å². The summed E-state index contributed by atoms with van der Waals surface area (Å²) in [6, 6.07) is 0.602. The Balaban J connectivity index is 2.52. The Morgan fingerprint density at radius 3 is 2.76 bits per heavy atom. The fourth-order valence-corrected chi connectivity index (χ4v) is 3.19. The molecule has 120 valence electrons. The molecule has 0 spiro atoms. The summed E-state index contributed by atoms with van der Waals surface area (Å²) in [7, 11) is 0. The van der Waals surface area contributed by atoms with Crippen LogP contribution in [0.2, 0.25) is 0 Å². The molecule has 0 aromatic rings. The maximum Gasteiger partial charge on any atom is 0.207 e. The standard InChI is InChI=1S/C17H31N3O/c1-3-8-15(9-6-7-12-18)20-14(2)16-10-4-5-11-17(16)19-13-21/h3,13,15-17,20H,1-2,4-12,18H2,(H,19,21)/t15-,16?,17+/m1/s1. The minimum absolute atomic E-state index is 0.227. The van der Waals surface area contributed by atoms with Crippen molar-refractivity contribution in [1.82, 2.24) is 10.6 Å². The summed E-state index contributed by atoms with van der Waals surface area (Å²) in [4.78, 5) is 10.8. The smallest absolute Gasteiger partial charge is 0.207 e. The predicted octanol–water partition coefficient (Wildman–Crippen LogP) is 2.47. The van der Waals surface area contributed by atoms with Gasteiger partial charge in [0.15, 0.2) is 0 Å². The summed E-state index contributed by atoms with van der Waals surface area (Å²) in [5.41, 5.74) is 6.62. The van der Waals surface area contributed by atoms with Crippen LogP contribution in [0.3, 0.4) is 0 Å². The summed E-state index contributed by atoms with van der Waals surface area (Å²) in [5, 5.41) is 6.53. The molecule has 0 radical (unpaired) electrons. The number of nitrogens with one attached hydrogen (secondary N) is 2. The topological polar surface area (TPSA) is 67.2 Å². The number of hydrogen-bond acceptors (Lipinski definition) is 3. The molecule has 21 heavy (non-hydrogen) atoms. The summed E-state index contributed by atoms with van der Waals surface area (Å²) in [5.74, 6) is 0.339. The first-order valence-electron chi connectivity index (χ1n) is 8.19. The summed E-state index contributed by atoms with van der Waals surface area (Å²) >= 11 is 0. The third kappa shape index (κ3) is 6.34. The molecular formula is C17H31N3O. The highest BCUT2D eigenvalue weighted by Crippen LogP contribution is 2.28. The lowest BCUT2D eigenvalue weighted by atomic mass is 9.82. The lowest BCUT2D eigenvalue weighted by Gasteiger charge is -2.34. The number of unbranched alkanes of at least 4 members (excludes halogenated alkanes) is 1. The highest BCUT2D eigenvalue weighted by molar-refractivity contribution is 5.47. The molecule has 0 aromatic heterocycles. The van der Waals surface area contributed by atoms with Crippen molar-refractivity contribution >= 4 is 6.41 Å². The van der Waals surface area contributed by atoms with Gasteiger partial charge in [0.1, 0.15) is 0 Å². The van der Waals surface area contributed by atoms with Gasteiger partial charge in [0.25, 0.3) is 0 Å². The maximum absolute atomic E-state index is 10.8. The van der Waals surface area contributed by atoms with Gasteiger partial charge in [0, 0.05) is 23.7 Å². The van der Waals surface area contributed by atoms with Crippen LogP contribution in [0.15, 0.2) is 24.9 Å². The van der Waals surface area contributed by atoms with Gasteiger partial charge in [0.2, 0.25) is 6.41 Å². The molecule has 1 aliphatic carbocycles. The van der Waals surface area contributed by atoms with Crippen LogP contribution < -0.4 is 16.4 Å². The first-order chi connectivity index (χ1) is 10.2. The molecule has 1 aliphatic rings. The fraction of sp³-hybridized carbons (Fsp3) is 0.706. The molecule has 4 heteroatoms. The molecule has 0 saturated heterocycles. The van der Waals surface area contributed by atoms with E-state index in [2.05, 4.69) is 23.8 Å². The third-order valence-corrected chi connectivity index (χ3v) is 4.34. The van der Waals surface area contributed by atoms with Crippen molar-refractivity contribution in [2.75, 3.05) is 6.54 Å². The van der Waals surface area contributed by atoms with Crippen molar-refractivity contribution in [3.8, 4) is 0 Å². The van der Waals surface area contributed by atoms with Crippen LogP contribution >= 0.6 is 0 Å². The molecule has 1 unspecified atom stereocenters. The van der Waals surface area contributed by atoms with E-state index in [0.717, 1.165) is 57.2 Å². The second-order valence-electron chi connectivity index (χ2n) is 5.96. The number of nitrogens with two attached hydrogens (primary N) is 1. The molecule has 0 bridgehead atoms. The highest BCUT2D eigenvalue weighted by atomic mass is 16.1. The zero-order valence-electron chi connectivity index (χ0n) is 13.2. The first kappa shape index (κ1) is 17.8. The van der Waals surface area contributed by atoms with Crippen LogP contribution in [0.1, 0.15) is 51.4 Å². The largest absolute Gasteiger partial charge is 0.385 e. The highest BCUT2D eigenvalue weighted by Gasteiger charge is 2.27. The van der Waals surface area contributed by atoms with Crippen LogP contribution in [-0.4, -0.2) is 25.0 Å². The van der Waals surface area contributed by atoms with Gasteiger partial charge in [-0.15, -0.1) is 6.58 Å². The van der Waals surface area contributed by atoms with E-state index in [9.17, 15) is 4.79 Å². The molecule has 0 heterocycles. The van der Waals surface area contributed by atoms with Crippen molar-refractivity contribution in [2.45, 2.75) is 63.5 Å². The molecule has 3 atom stereocenters. The van der Waals surface area contributed by atoms with Gasteiger partial charge in [-0.3, -0.25) is 4.79 Å². The summed E-state index contributed by atoms with van der Waals surface area (Å²) in [6.07, 6.45) is 11.5. The van der Waals surface area contributed by atoms with Gasteiger partial charge in [-0.2, -0.15) is 0 Å². The van der Waals surface area contributed by atoms with E-state index in [1.165, 1.54) is 12.8 Å². The van der Waals surface area contributed by atoms with E-state index in [1.54, 1.807) is 0 Å². The fourth-order valence-electron chi connectivity index (χ4n) is 3.19.